The van der Waals surface area contributed by atoms with Crippen LogP contribution in [0.3, 0.4) is 0 Å². The van der Waals surface area contributed by atoms with E-state index < -0.39 is 114 Å². The van der Waals surface area contributed by atoms with Gasteiger partial charge in [0.2, 0.25) is 5.91 Å². The van der Waals surface area contributed by atoms with Gasteiger partial charge in [-0.1, -0.05) is 70.4 Å². The van der Waals surface area contributed by atoms with Crippen LogP contribution in [0.2, 0.25) is 0 Å². The molecule has 3 aromatic rings. The van der Waals surface area contributed by atoms with Crippen molar-refractivity contribution in [2.24, 2.45) is 5.73 Å². The van der Waals surface area contributed by atoms with Gasteiger partial charge in [0.1, 0.15) is 48.6 Å². The van der Waals surface area contributed by atoms with Crippen molar-refractivity contribution < 1.29 is 165 Å². The Hall–Kier alpha value is -3.94. The molecule has 0 spiro atoms. The number of aliphatic hydroxyl groups is 6. The molecule has 2 aliphatic heterocycles. The lowest BCUT2D eigenvalue weighted by Crippen LogP contribution is -2.36. The number of nitrogen functional groups attached to an aromatic ring is 2. The molecule has 0 radical (unpaired) electrons. The molecule has 2 aromatic heterocycles. The van der Waals surface area contributed by atoms with Crippen molar-refractivity contribution >= 4 is 70.8 Å². The number of unbranched alkanes of at least 4 members (excludes halogenated alkanes) is 8. The average Bonchev–Trinajstić information content (AvgIpc) is 4.08. The summed E-state index contributed by atoms with van der Waals surface area (Å²) < 4.78 is 66.0. The standard InChI is InChI=1S/C11H24O.C9H13N3O5.C9H13N3O4.C8H7NO2.6H3O4P/c1-2-3-4-5-6-7-8-9-10-11-12;10-5-1-2-12(9(16)11-5)8-7(15)6(14)4(3-13)17-8;10-7-1-2-12(9(15)11-7)8-3-5(14)6(4-13)16-8;9-8(11)7-3-1-6(5-10)2-4-7;6*1-5(2,3)4/h12H,2-11H2,1H3;1-2,4,6-8,13-15H,3H2,(H2,10,11,16);1-2,5-6,8,13-14H,3-4H2,(H2,10,11,15);1-5H,(H2,9,11);6*(H3,1,2,3,4)/t;4-,6-,7-,8-;5-,6+,8+;;;;;;;/m.10......./s1. The van der Waals surface area contributed by atoms with Crippen molar-refractivity contribution in [1.29, 1.82) is 0 Å². The van der Waals surface area contributed by atoms with Gasteiger partial charge in [-0.3, -0.25) is 18.7 Å². The van der Waals surface area contributed by atoms with Gasteiger partial charge in [0.05, 0.1) is 19.3 Å². The molecule has 504 valence electrons. The normalized spacial score (nSPS) is 18.7. The number of nitrogens with zero attached hydrogens (tertiary/aromatic N) is 4. The van der Waals surface area contributed by atoms with Gasteiger partial charge in [0, 0.05) is 36.5 Å². The molecule has 49 heteroatoms. The molecule has 30 N–H and O–H groups in total. The zero-order valence-corrected chi connectivity index (χ0v) is 50.1. The van der Waals surface area contributed by atoms with Crippen LogP contribution in [0.25, 0.3) is 0 Å². The van der Waals surface area contributed by atoms with Crippen molar-refractivity contribution in [3.63, 3.8) is 0 Å². The zero-order valence-electron chi connectivity index (χ0n) is 44.8. The fraction of sp³-hybridized carbons (Fsp3) is 0.568. The van der Waals surface area contributed by atoms with Crippen LogP contribution >= 0.6 is 46.9 Å². The number of hydrogen-bond acceptors (Lipinski definition) is 22. The second-order valence-electron chi connectivity index (χ2n) is 16.2. The van der Waals surface area contributed by atoms with Gasteiger partial charge in [0.25, 0.3) is 0 Å². The fourth-order valence-electron chi connectivity index (χ4n) is 5.57. The first-order valence-electron chi connectivity index (χ1n) is 23.2. The van der Waals surface area contributed by atoms with E-state index in [9.17, 15) is 34.5 Å². The van der Waals surface area contributed by atoms with Crippen molar-refractivity contribution in [3.05, 3.63) is 80.9 Å². The molecule has 2 aliphatic rings. The Morgan fingerprint density at radius 1 is 0.547 bits per heavy atom. The fourth-order valence-corrected chi connectivity index (χ4v) is 5.57. The maximum atomic E-state index is 11.5. The van der Waals surface area contributed by atoms with Crippen LogP contribution in [0.15, 0.2) is 58.4 Å². The zero-order chi connectivity index (χ0) is 68.6. The Bertz CT molecular complexity index is 2530. The van der Waals surface area contributed by atoms with Crippen LogP contribution in [0.4, 0.5) is 11.6 Å². The molecule has 1 amide bonds. The first-order valence-corrected chi connectivity index (χ1v) is 32.6. The number of nitrogens with two attached hydrogens (primary N) is 3. The molecule has 7 atom stereocenters. The smallest absolute Gasteiger partial charge is 0.396 e. The third-order valence-electron chi connectivity index (χ3n) is 8.78. The molecule has 0 aliphatic carbocycles. The summed E-state index contributed by atoms with van der Waals surface area (Å²) in [5, 5.41) is 55.1. The molecule has 4 heterocycles. The number of primary amides is 1. The third-order valence-corrected chi connectivity index (χ3v) is 8.78. The van der Waals surface area contributed by atoms with Gasteiger partial charge in [0.15, 0.2) is 6.23 Å². The molecule has 0 saturated carbocycles. The molecule has 86 heavy (non-hydrogen) atoms. The Morgan fingerprint density at radius 3 is 1.16 bits per heavy atom. The lowest BCUT2D eigenvalue weighted by atomic mass is 10.1. The molecule has 5 rings (SSSR count). The van der Waals surface area contributed by atoms with E-state index in [1.54, 1.807) is 12.1 Å². The number of aliphatic hydroxyl groups excluding tert-OH is 6. The molecule has 0 bridgehead atoms. The molecule has 1 aromatic carbocycles. The number of carbonyl (C=O) groups excluding carboxylic acids is 2. The summed E-state index contributed by atoms with van der Waals surface area (Å²) in [6.45, 7) is 1.89. The summed E-state index contributed by atoms with van der Waals surface area (Å²) in [4.78, 5) is 180. The second kappa shape index (κ2) is 46.2. The first kappa shape index (κ1) is 90.8. The predicted molar refractivity (Wildman–Crippen MR) is 291 cm³/mol. The van der Waals surface area contributed by atoms with Gasteiger partial charge < -0.3 is 145 Å². The Balaban J connectivity index is -0.000000296. The molecule has 43 nitrogen and oxygen atoms in total. The number of amides is 1. The first-order chi connectivity index (χ1) is 38.8. The number of benzene rings is 1. The molecule has 2 saturated heterocycles. The highest BCUT2D eigenvalue weighted by molar-refractivity contribution is 7.46. The number of ether oxygens (including phenoxy) is 2. The lowest BCUT2D eigenvalue weighted by molar-refractivity contribution is -0.0549. The summed E-state index contributed by atoms with van der Waals surface area (Å²) in [7, 11) is -27.8. The van der Waals surface area contributed by atoms with Gasteiger partial charge in [-0.05, 0) is 30.7 Å². The minimum atomic E-state index is -4.64. The molecular weight excluding hydrogens is 1300 g/mol. The van der Waals surface area contributed by atoms with Gasteiger partial charge in [-0.2, -0.15) is 9.97 Å². The minimum Gasteiger partial charge on any atom is -0.396 e. The van der Waals surface area contributed by atoms with E-state index >= 15 is 0 Å². The summed E-state index contributed by atoms with van der Waals surface area (Å²) in [6.07, 6.45) is 8.95. The Morgan fingerprint density at radius 2 is 0.884 bits per heavy atom. The minimum absolute atomic E-state index is 0.0537. The van der Waals surface area contributed by atoms with Crippen molar-refractivity contribution in [2.75, 3.05) is 31.3 Å². The Labute approximate surface area is 486 Å². The van der Waals surface area contributed by atoms with Gasteiger partial charge in [-0.25, -0.2) is 37.0 Å². The predicted octanol–water partition coefficient (Wildman–Crippen LogP) is -5.56. The van der Waals surface area contributed by atoms with Crippen LogP contribution in [0, 0.1) is 0 Å². The number of carbonyl (C=O) groups is 2. The highest BCUT2D eigenvalue weighted by Crippen LogP contribution is 2.30. The van der Waals surface area contributed by atoms with E-state index in [1.807, 2.05) is 0 Å². The van der Waals surface area contributed by atoms with E-state index in [2.05, 4.69) is 16.9 Å². The lowest BCUT2D eigenvalue weighted by Gasteiger charge is -2.16. The summed E-state index contributed by atoms with van der Waals surface area (Å²) in [6, 6.07) is 8.98. The second-order valence-corrected chi connectivity index (χ2v) is 22.3. The van der Waals surface area contributed by atoms with Crippen LogP contribution in [0.5, 0.6) is 0 Å². The van der Waals surface area contributed by atoms with Crippen molar-refractivity contribution in [2.45, 2.75) is 114 Å². The molecule has 2 fully saturated rings. The highest BCUT2D eigenvalue weighted by atomic mass is 31.2. The number of anilines is 2. The monoisotopic (exact) mass is 1380 g/mol. The van der Waals surface area contributed by atoms with Crippen molar-refractivity contribution in [3.8, 4) is 0 Å². The van der Waals surface area contributed by atoms with E-state index in [0.717, 1.165) is 11.0 Å². The van der Waals surface area contributed by atoms with E-state index in [1.165, 1.54) is 92.6 Å². The number of hydrogen-bond donors (Lipinski definition) is 27. The summed E-state index contributed by atoms with van der Waals surface area (Å²) in [5.41, 5.74) is 15.4. The largest absolute Gasteiger partial charge is 0.466 e. The van der Waals surface area contributed by atoms with E-state index in [0.29, 0.717) is 24.0 Å². The Kier molecular flexibility index (Phi) is 48.8. The van der Waals surface area contributed by atoms with Crippen LogP contribution in [-0.2, 0) is 36.9 Å². The van der Waals surface area contributed by atoms with Crippen molar-refractivity contribution in [1.82, 2.24) is 19.1 Å². The van der Waals surface area contributed by atoms with Gasteiger partial charge >= 0.3 is 58.3 Å². The van der Waals surface area contributed by atoms with Gasteiger partial charge in [-0.15, -0.1) is 0 Å². The average molecular weight is 1380 g/mol. The molecular formula is C37H75N7O36P6. The third kappa shape index (κ3) is 66.0. The number of rotatable bonds is 15. The maximum Gasteiger partial charge on any atom is 0.466 e. The number of phosphoric acid groups is 6. The molecule has 0 unspecified atom stereocenters. The van der Waals surface area contributed by atoms with Crippen LogP contribution < -0.4 is 28.6 Å². The summed E-state index contributed by atoms with van der Waals surface area (Å²) in [5.74, 6) is -0.293. The topological polar surface area (TPSA) is 788 Å². The number of aldehydes is 1. The number of aromatic nitrogens is 4. The summed E-state index contributed by atoms with van der Waals surface area (Å²) >= 11 is 0. The quantitative estimate of drug-likeness (QED) is 0.0383. The highest BCUT2D eigenvalue weighted by Gasteiger charge is 2.43. The van der Waals surface area contributed by atoms with Crippen LogP contribution in [0.1, 0.15) is 104 Å². The maximum absolute atomic E-state index is 11.5. The van der Waals surface area contributed by atoms with E-state index in [4.69, 9.17) is 157 Å². The van der Waals surface area contributed by atoms with E-state index in [-0.39, 0.29) is 24.7 Å². The van der Waals surface area contributed by atoms with Crippen LogP contribution in [-0.4, -0.2) is 200 Å². The SMILES string of the molecule is CCCCCCCCCCCO.NC(=O)c1ccc(C=O)cc1.Nc1ccn([C@@H]2O[C@H](CO)[C@@H](O)[C@H]2O)c(=O)n1.Nc1ccn([C@H]2C[C@H](O)[C@@H](CO)O2)c(=O)n1.O=P(O)(O)O.O=P(O)(O)O.O=P(O)(O)O.O=P(O)(O)O.O=P(O)(O)O.O=P(O)(O)O.